The maximum Gasteiger partial charge on any atom is 0.416 e. The first-order valence-corrected chi connectivity index (χ1v) is 13.7. The van der Waals surface area contributed by atoms with Crippen LogP contribution in [0.1, 0.15) is 12.5 Å². The molecule has 0 radical (unpaired) electrons. The summed E-state index contributed by atoms with van der Waals surface area (Å²) in [6, 6.07) is 10.8. The van der Waals surface area contributed by atoms with Crippen molar-refractivity contribution in [2.24, 2.45) is 0 Å². The molecule has 0 atom stereocenters. The number of alkyl halides is 5. The van der Waals surface area contributed by atoms with Gasteiger partial charge in [0.15, 0.2) is 0 Å². The maximum atomic E-state index is 14.3. The lowest BCUT2D eigenvalue weighted by atomic mass is 10.0. The molecular formula is C27H25F6N3O4S. The van der Waals surface area contributed by atoms with Gasteiger partial charge in [-0.25, -0.2) is 12.8 Å². The van der Waals surface area contributed by atoms with Gasteiger partial charge in [0.1, 0.15) is 11.6 Å². The molecule has 0 aromatic heterocycles. The zero-order chi connectivity index (χ0) is 30.1. The van der Waals surface area contributed by atoms with Gasteiger partial charge in [-0.3, -0.25) is 9.10 Å². The van der Waals surface area contributed by atoms with E-state index in [0.717, 1.165) is 40.7 Å². The summed E-state index contributed by atoms with van der Waals surface area (Å²) in [6.45, 7) is -1.20. The van der Waals surface area contributed by atoms with Crippen LogP contribution in [0.2, 0.25) is 0 Å². The second-order valence-corrected chi connectivity index (χ2v) is 11.2. The van der Waals surface area contributed by atoms with Crippen molar-refractivity contribution in [3.63, 3.8) is 0 Å². The Morgan fingerprint density at radius 1 is 1.00 bits per heavy atom. The lowest BCUT2D eigenvalue weighted by molar-refractivity contribution is -0.137. The van der Waals surface area contributed by atoms with Crippen molar-refractivity contribution in [3.8, 4) is 16.9 Å². The quantitative estimate of drug-likeness (QED) is 0.314. The maximum absolute atomic E-state index is 14.3. The number of likely N-dealkylation sites (N-methyl/N-ethyl adjacent to an activating group) is 1. The molecule has 0 saturated carbocycles. The second-order valence-electron chi connectivity index (χ2n) is 9.29. The highest BCUT2D eigenvalue weighted by molar-refractivity contribution is 7.92. The van der Waals surface area contributed by atoms with Crippen LogP contribution in [0.25, 0.3) is 11.1 Å². The SMILES string of the molecule is CC(=O)N(C)CCN1CCN(S(=O)(=O)c2cccc(C(F)(F)F)c2)c2cc(-c3cc(F)cc(OC(F)F)c3)ccc21. The molecule has 3 aromatic rings. The van der Waals surface area contributed by atoms with Crippen molar-refractivity contribution < 1.29 is 44.3 Å². The van der Waals surface area contributed by atoms with Gasteiger partial charge in [-0.15, -0.1) is 0 Å². The fourth-order valence-electron chi connectivity index (χ4n) is 4.39. The fourth-order valence-corrected chi connectivity index (χ4v) is 5.90. The van der Waals surface area contributed by atoms with E-state index in [1.165, 1.54) is 24.0 Å². The second kappa shape index (κ2) is 11.5. The van der Waals surface area contributed by atoms with Gasteiger partial charge >= 0.3 is 12.8 Å². The molecule has 0 aliphatic carbocycles. The molecule has 1 amide bonds. The minimum absolute atomic E-state index is 0.0808. The van der Waals surface area contributed by atoms with Gasteiger partial charge in [0.2, 0.25) is 5.91 Å². The number of benzene rings is 3. The molecule has 1 heterocycles. The van der Waals surface area contributed by atoms with Crippen LogP contribution in [0.4, 0.5) is 37.7 Å². The van der Waals surface area contributed by atoms with Gasteiger partial charge in [-0.1, -0.05) is 12.1 Å². The van der Waals surface area contributed by atoms with Gasteiger partial charge in [-0.2, -0.15) is 22.0 Å². The first kappa shape index (κ1) is 30.0. The molecule has 14 heteroatoms. The summed E-state index contributed by atoms with van der Waals surface area (Å²) in [5.41, 5.74) is -0.308. The Bertz CT molecular complexity index is 1550. The lowest BCUT2D eigenvalue weighted by Gasteiger charge is -2.39. The molecule has 0 saturated heterocycles. The first-order chi connectivity index (χ1) is 19.2. The van der Waals surface area contributed by atoms with E-state index < -0.39 is 44.8 Å². The molecule has 41 heavy (non-hydrogen) atoms. The number of sulfonamides is 1. The van der Waals surface area contributed by atoms with E-state index in [0.29, 0.717) is 24.8 Å². The Labute approximate surface area is 232 Å². The predicted octanol–water partition coefficient (Wildman–Crippen LogP) is 5.61. The summed E-state index contributed by atoms with van der Waals surface area (Å²) in [5.74, 6) is -1.51. The van der Waals surface area contributed by atoms with E-state index in [9.17, 15) is 39.6 Å². The smallest absolute Gasteiger partial charge is 0.416 e. The number of fused-ring (bicyclic) bond motifs is 1. The third kappa shape index (κ3) is 6.69. The van der Waals surface area contributed by atoms with Crippen LogP contribution in [0, 0.1) is 5.82 Å². The van der Waals surface area contributed by atoms with Gasteiger partial charge < -0.3 is 14.5 Å². The van der Waals surface area contributed by atoms with Crippen LogP contribution in [0.3, 0.4) is 0 Å². The highest BCUT2D eigenvalue weighted by atomic mass is 32.2. The number of carbonyl (C=O) groups excluding carboxylic acids is 1. The summed E-state index contributed by atoms with van der Waals surface area (Å²) in [4.78, 5) is 14.4. The number of nitrogens with zero attached hydrogens (tertiary/aromatic N) is 3. The number of ether oxygens (including phenoxy) is 1. The van der Waals surface area contributed by atoms with Crippen molar-refractivity contribution >= 4 is 27.3 Å². The Kier molecular flexibility index (Phi) is 8.43. The molecule has 3 aromatic carbocycles. The van der Waals surface area contributed by atoms with Crippen molar-refractivity contribution in [2.75, 3.05) is 42.4 Å². The molecule has 0 unspecified atom stereocenters. The highest BCUT2D eigenvalue weighted by Crippen LogP contribution is 2.41. The molecule has 4 rings (SSSR count). The van der Waals surface area contributed by atoms with Gasteiger partial charge in [0.25, 0.3) is 10.0 Å². The van der Waals surface area contributed by atoms with Gasteiger partial charge in [0.05, 0.1) is 28.4 Å². The zero-order valence-corrected chi connectivity index (χ0v) is 22.6. The number of hydrogen-bond acceptors (Lipinski definition) is 5. The van der Waals surface area contributed by atoms with Crippen molar-refractivity contribution in [3.05, 3.63) is 72.0 Å². The molecule has 0 fully saturated rings. The van der Waals surface area contributed by atoms with E-state index >= 15 is 0 Å². The topological polar surface area (TPSA) is 70.2 Å². The monoisotopic (exact) mass is 601 g/mol. The Morgan fingerprint density at radius 3 is 2.39 bits per heavy atom. The van der Waals surface area contributed by atoms with Gasteiger partial charge in [0, 0.05) is 39.7 Å². The Hall–Kier alpha value is -3.94. The third-order valence-corrected chi connectivity index (χ3v) is 8.39. The third-order valence-electron chi connectivity index (χ3n) is 6.58. The van der Waals surface area contributed by atoms with Crippen LogP contribution in [-0.4, -0.2) is 59.1 Å². The largest absolute Gasteiger partial charge is 0.435 e. The summed E-state index contributed by atoms with van der Waals surface area (Å²) < 4.78 is 113. The lowest BCUT2D eigenvalue weighted by Crippen LogP contribution is -2.46. The number of halogens is 6. The fraction of sp³-hybridized carbons (Fsp3) is 0.296. The number of amides is 1. The average Bonchev–Trinajstić information content (AvgIpc) is 2.89. The van der Waals surface area contributed by atoms with Crippen LogP contribution in [0.5, 0.6) is 5.75 Å². The van der Waals surface area contributed by atoms with Crippen LogP contribution >= 0.6 is 0 Å². The van der Waals surface area contributed by atoms with Crippen LogP contribution < -0.4 is 13.9 Å². The predicted molar refractivity (Wildman–Crippen MR) is 140 cm³/mol. The minimum atomic E-state index is -4.77. The van der Waals surface area contributed by atoms with E-state index in [2.05, 4.69) is 4.74 Å². The summed E-state index contributed by atoms with van der Waals surface area (Å²) >= 11 is 0. The van der Waals surface area contributed by atoms with Crippen molar-refractivity contribution in [1.82, 2.24) is 4.90 Å². The standard InChI is InChI=1S/C27H25F6N3O4S/c1-17(37)34(2)8-9-35-10-11-36(41(38,39)23-5-3-4-20(15-23)27(31,32)33)25-14-18(6-7-24(25)35)19-12-21(28)16-22(13-19)40-26(29)30/h3-7,12-16,26H,8-11H2,1-2H3. The molecular weight excluding hydrogens is 576 g/mol. The van der Waals surface area contributed by atoms with E-state index in [4.69, 9.17) is 0 Å². The minimum Gasteiger partial charge on any atom is -0.435 e. The Morgan fingerprint density at radius 2 is 1.73 bits per heavy atom. The van der Waals surface area contributed by atoms with Crippen LogP contribution in [0.15, 0.2) is 65.6 Å². The van der Waals surface area contributed by atoms with E-state index in [1.807, 2.05) is 4.90 Å². The molecule has 7 nitrogen and oxygen atoms in total. The van der Waals surface area contributed by atoms with E-state index in [1.54, 1.807) is 13.1 Å². The molecule has 0 bridgehead atoms. The van der Waals surface area contributed by atoms with Crippen molar-refractivity contribution in [1.29, 1.82) is 0 Å². The number of carbonyl (C=O) groups is 1. The zero-order valence-electron chi connectivity index (χ0n) is 21.8. The first-order valence-electron chi connectivity index (χ1n) is 12.2. The molecule has 1 aliphatic rings. The molecule has 0 spiro atoms. The van der Waals surface area contributed by atoms with Gasteiger partial charge in [-0.05, 0) is 53.6 Å². The summed E-state index contributed by atoms with van der Waals surface area (Å²) in [6.07, 6.45) is -4.77. The van der Waals surface area contributed by atoms with E-state index in [-0.39, 0.29) is 35.8 Å². The summed E-state index contributed by atoms with van der Waals surface area (Å²) in [7, 11) is -2.91. The number of anilines is 2. The molecule has 1 aliphatic heterocycles. The molecule has 220 valence electrons. The number of rotatable bonds is 8. The normalized spacial score (nSPS) is 13.8. The average molecular weight is 602 g/mol. The van der Waals surface area contributed by atoms with Crippen molar-refractivity contribution in [2.45, 2.75) is 24.6 Å². The number of hydrogen-bond donors (Lipinski definition) is 0. The Balaban J connectivity index is 1.81. The highest BCUT2D eigenvalue weighted by Gasteiger charge is 2.35. The summed E-state index contributed by atoms with van der Waals surface area (Å²) in [5, 5.41) is 0. The molecule has 0 N–H and O–H groups in total. The van der Waals surface area contributed by atoms with Crippen LogP contribution in [-0.2, 0) is 21.0 Å².